The van der Waals surface area contributed by atoms with Gasteiger partial charge in [-0.2, -0.15) is 0 Å². The molecule has 0 spiro atoms. The lowest BCUT2D eigenvalue weighted by atomic mass is 10.1. The van der Waals surface area contributed by atoms with Crippen LogP contribution in [0, 0.1) is 12.7 Å². The van der Waals surface area contributed by atoms with Crippen LogP contribution in [0.5, 0.6) is 17.2 Å². The molecule has 0 bridgehead atoms. The van der Waals surface area contributed by atoms with Crippen molar-refractivity contribution in [3.63, 3.8) is 0 Å². The molecular formula is C26H21FN4O2S. The summed E-state index contributed by atoms with van der Waals surface area (Å²) in [7, 11) is 3.44. The first-order valence-electron chi connectivity index (χ1n) is 10.6. The average molecular weight is 473 g/mol. The fourth-order valence-corrected chi connectivity index (χ4v) is 4.90. The normalized spacial score (nSPS) is 11.4. The first-order valence-corrected chi connectivity index (χ1v) is 11.4. The summed E-state index contributed by atoms with van der Waals surface area (Å²) in [4.78, 5) is 0.944. The van der Waals surface area contributed by atoms with Gasteiger partial charge < -0.3 is 9.47 Å². The molecular weight excluding hydrogens is 451 g/mol. The molecule has 2 heterocycles. The van der Waals surface area contributed by atoms with Gasteiger partial charge in [-0.3, -0.25) is 0 Å². The number of aromatic nitrogens is 4. The summed E-state index contributed by atoms with van der Waals surface area (Å²) in [6.45, 7) is 1.90. The van der Waals surface area contributed by atoms with E-state index in [0.717, 1.165) is 43.2 Å². The van der Waals surface area contributed by atoms with Crippen molar-refractivity contribution >= 4 is 33.6 Å². The lowest BCUT2D eigenvalue weighted by Crippen LogP contribution is -1.93. The third kappa shape index (κ3) is 4.27. The molecule has 6 nitrogen and oxygen atoms in total. The Kier molecular flexibility index (Phi) is 5.81. The fourth-order valence-electron chi connectivity index (χ4n) is 3.65. The number of rotatable bonds is 6. The van der Waals surface area contributed by atoms with E-state index >= 15 is 0 Å². The van der Waals surface area contributed by atoms with Crippen LogP contribution in [0.2, 0.25) is 0 Å². The number of aryl methyl sites for hydroxylation is 2. The van der Waals surface area contributed by atoms with Crippen molar-refractivity contribution in [1.29, 1.82) is 0 Å². The van der Waals surface area contributed by atoms with Gasteiger partial charge in [0.25, 0.3) is 0 Å². The second-order valence-electron chi connectivity index (χ2n) is 7.75. The standard InChI is InChI=1S/C26H21FN4O2S/c1-16-14-18(27)7-11-21(16)26-25(22-12-10-20(32-3)15-23(22)34-26)33-19-8-4-17(5-9-19)6-13-24-28-29-30-31(24)2/h4-15H,1-3H3/b13-6+. The second kappa shape index (κ2) is 9.07. The van der Waals surface area contributed by atoms with Gasteiger partial charge in [-0.15, -0.1) is 16.4 Å². The van der Waals surface area contributed by atoms with Crippen LogP contribution >= 0.6 is 11.3 Å². The average Bonchev–Trinajstić information content (AvgIpc) is 3.41. The van der Waals surface area contributed by atoms with Crippen molar-refractivity contribution in [1.82, 2.24) is 20.2 Å². The summed E-state index contributed by atoms with van der Waals surface area (Å²) in [6, 6.07) is 18.5. The van der Waals surface area contributed by atoms with Crippen LogP contribution in [0.25, 0.3) is 32.7 Å². The highest BCUT2D eigenvalue weighted by molar-refractivity contribution is 7.22. The molecule has 0 unspecified atom stereocenters. The molecule has 0 saturated carbocycles. The van der Waals surface area contributed by atoms with Gasteiger partial charge in [-0.25, -0.2) is 9.07 Å². The zero-order valence-electron chi connectivity index (χ0n) is 18.8. The molecule has 5 rings (SSSR count). The number of thiophene rings is 1. The number of halogens is 1. The molecule has 0 amide bonds. The lowest BCUT2D eigenvalue weighted by Gasteiger charge is -2.10. The number of tetrazole rings is 1. The molecule has 0 atom stereocenters. The first kappa shape index (κ1) is 21.8. The number of ether oxygens (including phenoxy) is 2. The Bertz CT molecular complexity index is 1510. The van der Waals surface area contributed by atoms with Crippen molar-refractivity contribution in [3.05, 3.63) is 83.4 Å². The minimum absolute atomic E-state index is 0.257. The van der Waals surface area contributed by atoms with Crippen molar-refractivity contribution in [2.75, 3.05) is 7.11 Å². The van der Waals surface area contributed by atoms with Crippen LogP contribution in [0.3, 0.4) is 0 Å². The molecule has 0 aliphatic rings. The molecule has 0 saturated heterocycles. The number of nitrogens with zero attached hydrogens (tertiary/aromatic N) is 4. The van der Waals surface area contributed by atoms with Gasteiger partial charge in [0.05, 0.1) is 12.0 Å². The van der Waals surface area contributed by atoms with E-state index < -0.39 is 0 Å². The Balaban J connectivity index is 1.51. The maximum atomic E-state index is 13.8. The van der Waals surface area contributed by atoms with Gasteiger partial charge in [0.15, 0.2) is 11.6 Å². The van der Waals surface area contributed by atoms with Crippen LogP contribution in [0.4, 0.5) is 4.39 Å². The Morgan fingerprint density at radius 1 is 0.971 bits per heavy atom. The van der Waals surface area contributed by atoms with Crippen molar-refractivity contribution in [2.24, 2.45) is 7.05 Å². The van der Waals surface area contributed by atoms with E-state index in [1.54, 1.807) is 36.2 Å². The van der Waals surface area contributed by atoms with E-state index in [-0.39, 0.29) is 5.82 Å². The molecule has 0 aliphatic heterocycles. The predicted octanol–water partition coefficient (Wildman–Crippen LogP) is 6.51. The third-order valence-electron chi connectivity index (χ3n) is 5.46. The van der Waals surface area contributed by atoms with E-state index in [4.69, 9.17) is 9.47 Å². The highest BCUT2D eigenvalue weighted by Gasteiger charge is 2.18. The second-order valence-corrected chi connectivity index (χ2v) is 8.80. The first-order chi connectivity index (χ1) is 16.5. The van der Waals surface area contributed by atoms with Crippen LogP contribution in [-0.2, 0) is 7.05 Å². The summed E-state index contributed by atoms with van der Waals surface area (Å²) in [5.41, 5.74) is 2.78. The van der Waals surface area contributed by atoms with Gasteiger partial charge in [0.2, 0.25) is 0 Å². The quantitative estimate of drug-likeness (QED) is 0.282. The molecule has 0 radical (unpaired) electrons. The zero-order valence-corrected chi connectivity index (χ0v) is 19.6. The molecule has 170 valence electrons. The zero-order chi connectivity index (χ0) is 23.7. The SMILES string of the molecule is COc1ccc2c(Oc3ccc(/C=C/c4nnnn4C)cc3)c(-c3ccc(F)cc3C)sc2c1. The number of benzene rings is 3. The van der Waals surface area contributed by atoms with Crippen LogP contribution in [0.1, 0.15) is 17.0 Å². The molecule has 0 aliphatic carbocycles. The largest absolute Gasteiger partial charge is 0.497 e. The summed E-state index contributed by atoms with van der Waals surface area (Å²) in [5.74, 6) is 2.63. The molecule has 0 N–H and O–H groups in total. The maximum absolute atomic E-state index is 13.8. The summed E-state index contributed by atoms with van der Waals surface area (Å²) in [5, 5.41) is 12.4. The van der Waals surface area contributed by atoms with Gasteiger partial charge in [0, 0.05) is 17.1 Å². The Hall–Kier alpha value is -4.04. The van der Waals surface area contributed by atoms with Crippen molar-refractivity contribution < 1.29 is 13.9 Å². The van der Waals surface area contributed by atoms with Crippen LogP contribution in [-0.4, -0.2) is 27.3 Å². The van der Waals surface area contributed by atoms with Gasteiger partial charge in [-0.1, -0.05) is 24.3 Å². The highest BCUT2D eigenvalue weighted by atomic mass is 32.1. The smallest absolute Gasteiger partial charge is 0.174 e. The predicted molar refractivity (Wildman–Crippen MR) is 133 cm³/mol. The van der Waals surface area contributed by atoms with Crippen molar-refractivity contribution in [3.8, 4) is 27.7 Å². The summed E-state index contributed by atoms with van der Waals surface area (Å²) >= 11 is 1.60. The lowest BCUT2D eigenvalue weighted by molar-refractivity contribution is 0.415. The topological polar surface area (TPSA) is 62.1 Å². The van der Waals surface area contributed by atoms with Crippen LogP contribution < -0.4 is 9.47 Å². The molecule has 3 aromatic carbocycles. The molecule has 2 aromatic heterocycles. The number of hydrogen-bond acceptors (Lipinski definition) is 6. The number of fused-ring (bicyclic) bond motifs is 1. The Morgan fingerprint density at radius 3 is 2.47 bits per heavy atom. The molecule has 8 heteroatoms. The van der Waals surface area contributed by atoms with Crippen molar-refractivity contribution in [2.45, 2.75) is 6.92 Å². The summed E-state index contributed by atoms with van der Waals surface area (Å²) in [6.07, 6.45) is 3.79. The summed E-state index contributed by atoms with van der Waals surface area (Å²) < 4.78 is 28.2. The molecule has 5 aromatic rings. The minimum atomic E-state index is -0.257. The van der Waals surface area contributed by atoms with Gasteiger partial charge >= 0.3 is 0 Å². The van der Waals surface area contributed by atoms with E-state index in [1.165, 1.54) is 12.1 Å². The number of hydrogen-bond donors (Lipinski definition) is 0. The Labute approximate surface area is 199 Å². The molecule has 34 heavy (non-hydrogen) atoms. The maximum Gasteiger partial charge on any atom is 0.174 e. The highest BCUT2D eigenvalue weighted by Crippen LogP contribution is 2.48. The van der Waals surface area contributed by atoms with E-state index in [0.29, 0.717) is 11.6 Å². The van der Waals surface area contributed by atoms with Crippen LogP contribution in [0.15, 0.2) is 60.7 Å². The Morgan fingerprint density at radius 2 is 1.76 bits per heavy atom. The van der Waals surface area contributed by atoms with E-state index in [2.05, 4.69) is 15.5 Å². The fraction of sp³-hybridized carbons (Fsp3) is 0.115. The van der Waals surface area contributed by atoms with E-state index in [1.807, 2.05) is 61.5 Å². The van der Waals surface area contributed by atoms with E-state index in [9.17, 15) is 4.39 Å². The van der Waals surface area contributed by atoms with Gasteiger partial charge in [0.1, 0.15) is 17.3 Å². The van der Waals surface area contributed by atoms with Gasteiger partial charge in [-0.05, 0) is 82.6 Å². The number of methoxy groups -OCH3 is 1. The third-order valence-corrected chi connectivity index (χ3v) is 6.63. The molecule has 0 fully saturated rings. The monoisotopic (exact) mass is 472 g/mol. The minimum Gasteiger partial charge on any atom is -0.497 e.